The van der Waals surface area contributed by atoms with Crippen LogP contribution in [0.5, 0.6) is 0 Å². The lowest BCUT2D eigenvalue weighted by molar-refractivity contribution is -0.144. The third kappa shape index (κ3) is 5.30. The number of urea groups is 1. The van der Waals surface area contributed by atoms with Crippen LogP contribution in [-0.4, -0.2) is 56.9 Å². The van der Waals surface area contributed by atoms with Crippen LogP contribution in [0.25, 0.3) is 0 Å². The Morgan fingerprint density at radius 1 is 1.48 bits per heavy atom. The van der Waals surface area contributed by atoms with Crippen molar-refractivity contribution in [2.24, 2.45) is 5.92 Å². The first-order valence-electron chi connectivity index (χ1n) is 7.46. The summed E-state index contributed by atoms with van der Waals surface area (Å²) in [5, 5.41) is 12.1. The second-order valence-electron chi connectivity index (χ2n) is 5.68. The molecule has 2 N–H and O–H groups in total. The lowest BCUT2D eigenvalue weighted by Gasteiger charge is -2.36. The second kappa shape index (κ2) is 8.36. The van der Waals surface area contributed by atoms with Gasteiger partial charge in [0.2, 0.25) is 0 Å². The Bertz CT molecular complexity index is 402. The number of rotatable bonds is 6. The smallest absolute Gasteiger partial charge is 0.326 e. The second-order valence-corrected chi connectivity index (χ2v) is 7.48. The van der Waals surface area contributed by atoms with E-state index < -0.39 is 22.8 Å². The van der Waals surface area contributed by atoms with Gasteiger partial charge in [0.1, 0.15) is 6.04 Å². The van der Waals surface area contributed by atoms with E-state index in [1.807, 2.05) is 13.8 Å². The molecule has 0 aromatic carbocycles. The third-order valence-electron chi connectivity index (χ3n) is 4.23. The van der Waals surface area contributed by atoms with Crippen LogP contribution < -0.4 is 5.32 Å². The zero-order valence-electron chi connectivity index (χ0n) is 13.0. The third-order valence-corrected chi connectivity index (χ3v) is 5.60. The molecule has 2 amide bonds. The molecule has 0 aromatic rings. The van der Waals surface area contributed by atoms with Gasteiger partial charge in [-0.25, -0.2) is 9.59 Å². The number of carboxylic acid groups (broad SMARTS) is 1. The molecule has 1 aliphatic heterocycles. The van der Waals surface area contributed by atoms with Crippen molar-refractivity contribution in [2.75, 3.05) is 19.3 Å². The van der Waals surface area contributed by atoms with E-state index in [2.05, 4.69) is 5.32 Å². The molecule has 1 fully saturated rings. The molecule has 0 bridgehead atoms. The topological polar surface area (TPSA) is 86.7 Å². The van der Waals surface area contributed by atoms with Gasteiger partial charge in [-0.05, 0) is 25.2 Å². The SMILES string of the molecule is CCC1CCN(C(=O)NCCC(C)S(C)=O)C(C(=O)O)C1. The molecule has 21 heavy (non-hydrogen) atoms. The predicted octanol–water partition coefficient (Wildman–Crippen LogP) is 1.43. The van der Waals surface area contributed by atoms with Crippen LogP contribution in [0.2, 0.25) is 0 Å². The molecule has 0 radical (unpaired) electrons. The highest BCUT2D eigenvalue weighted by molar-refractivity contribution is 7.84. The van der Waals surface area contributed by atoms with E-state index in [4.69, 9.17) is 0 Å². The number of carbonyl (C=O) groups excluding carboxylic acids is 1. The van der Waals surface area contributed by atoms with Gasteiger partial charge in [0.25, 0.3) is 0 Å². The van der Waals surface area contributed by atoms with Gasteiger partial charge in [0, 0.05) is 35.4 Å². The molecule has 0 spiro atoms. The summed E-state index contributed by atoms with van der Waals surface area (Å²) in [7, 11) is -0.909. The van der Waals surface area contributed by atoms with Crippen LogP contribution >= 0.6 is 0 Å². The maximum atomic E-state index is 12.1. The molecule has 0 saturated carbocycles. The first-order valence-corrected chi connectivity index (χ1v) is 9.08. The van der Waals surface area contributed by atoms with Crippen LogP contribution in [0, 0.1) is 5.92 Å². The highest BCUT2D eigenvalue weighted by Gasteiger charge is 2.35. The van der Waals surface area contributed by atoms with E-state index in [1.54, 1.807) is 6.26 Å². The number of hydrogen-bond donors (Lipinski definition) is 2. The highest BCUT2D eigenvalue weighted by Crippen LogP contribution is 2.25. The molecule has 1 aliphatic rings. The number of piperidine rings is 1. The average Bonchev–Trinajstić information content (AvgIpc) is 2.45. The lowest BCUT2D eigenvalue weighted by Crippen LogP contribution is -2.53. The van der Waals surface area contributed by atoms with Crippen molar-refractivity contribution in [1.29, 1.82) is 0 Å². The van der Waals surface area contributed by atoms with Gasteiger partial charge in [-0.15, -0.1) is 0 Å². The molecule has 0 aromatic heterocycles. The summed E-state index contributed by atoms with van der Waals surface area (Å²) in [6.07, 6.45) is 4.58. The summed E-state index contributed by atoms with van der Waals surface area (Å²) in [4.78, 5) is 24.9. The number of amides is 2. The van der Waals surface area contributed by atoms with E-state index >= 15 is 0 Å². The number of hydrogen-bond acceptors (Lipinski definition) is 3. The summed E-state index contributed by atoms with van der Waals surface area (Å²) >= 11 is 0. The van der Waals surface area contributed by atoms with E-state index in [0.717, 1.165) is 12.8 Å². The summed E-state index contributed by atoms with van der Waals surface area (Å²) in [6.45, 7) is 4.82. The quantitative estimate of drug-likeness (QED) is 0.775. The normalized spacial score (nSPS) is 25.2. The zero-order valence-corrected chi connectivity index (χ0v) is 13.8. The van der Waals surface area contributed by atoms with Crippen LogP contribution in [0.1, 0.15) is 39.5 Å². The standard InChI is InChI=1S/C14H26N2O4S/c1-4-11-6-8-16(12(9-11)13(17)18)14(19)15-7-5-10(2)21(3)20/h10-12H,4-9H2,1-3H3,(H,15,19)(H,17,18). The minimum Gasteiger partial charge on any atom is -0.480 e. The minimum absolute atomic E-state index is 0.0198. The van der Waals surface area contributed by atoms with Crippen LogP contribution in [0.3, 0.4) is 0 Å². The molecule has 1 heterocycles. The molecular weight excluding hydrogens is 292 g/mol. The summed E-state index contributed by atoms with van der Waals surface area (Å²) in [5.41, 5.74) is 0. The largest absolute Gasteiger partial charge is 0.480 e. The van der Waals surface area contributed by atoms with Crippen molar-refractivity contribution in [3.8, 4) is 0 Å². The first-order chi connectivity index (χ1) is 9.86. The highest BCUT2D eigenvalue weighted by atomic mass is 32.2. The van der Waals surface area contributed by atoms with Crippen molar-refractivity contribution in [3.05, 3.63) is 0 Å². The van der Waals surface area contributed by atoms with Gasteiger partial charge in [0.15, 0.2) is 0 Å². The Morgan fingerprint density at radius 2 is 2.14 bits per heavy atom. The maximum absolute atomic E-state index is 12.1. The van der Waals surface area contributed by atoms with Crippen LogP contribution in [0.4, 0.5) is 4.79 Å². The zero-order chi connectivity index (χ0) is 16.0. The van der Waals surface area contributed by atoms with Crippen molar-refractivity contribution in [1.82, 2.24) is 10.2 Å². The van der Waals surface area contributed by atoms with Gasteiger partial charge in [-0.1, -0.05) is 20.3 Å². The van der Waals surface area contributed by atoms with E-state index in [-0.39, 0.29) is 11.3 Å². The summed E-state index contributed by atoms with van der Waals surface area (Å²) in [6, 6.07) is -1.06. The number of likely N-dealkylation sites (tertiary alicyclic amines) is 1. The van der Waals surface area contributed by atoms with Crippen molar-refractivity contribution in [3.63, 3.8) is 0 Å². The van der Waals surface area contributed by atoms with Crippen LogP contribution in [-0.2, 0) is 15.6 Å². The van der Waals surface area contributed by atoms with Gasteiger partial charge in [-0.2, -0.15) is 0 Å². The number of aliphatic carboxylic acids is 1. The lowest BCUT2D eigenvalue weighted by atomic mass is 9.89. The Morgan fingerprint density at radius 3 is 2.67 bits per heavy atom. The number of carbonyl (C=O) groups is 2. The molecule has 122 valence electrons. The van der Waals surface area contributed by atoms with Crippen molar-refractivity contribution >= 4 is 22.8 Å². The van der Waals surface area contributed by atoms with Gasteiger partial charge < -0.3 is 15.3 Å². The van der Waals surface area contributed by atoms with E-state index in [0.29, 0.717) is 31.8 Å². The average molecular weight is 318 g/mol. The van der Waals surface area contributed by atoms with E-state index in [1.165, 1.54) is 4.90 Å². The fourth-order valence-electron chi connectivity index (χ4n) is 2.54. The molecular formula is C14H26N2O4S. The van der Waals surface area contributed by atoms with Gasteiger partial charge in [-0.3, -0.25) is 4.21 Å². The van der Waals surface area contributed by atoms with E-state index in [9.17, 15) is 18.9 Å². The Balaban J connectivity index is 2.51. The Labute approximate surface area is 128 Å². The fourth-order valence-corrected chi connectivity index (χ4v) is 2.99. The Hall–Kier alpha value is -1.11. The van der Waals surface area contributed by atoms with Crippen molar-refractivity contribution < 1.29 is 18.9 Å². The van der Waals surface area contributed by atoms with Crippen molar-refractivity contribution in [2.45, 2.75) is 50.8 Å². The summed E-state index contributed by atoms with van der Waals surface area (Å²) < 4.78 is 11.2. The fraction of sp³-hybridized carbons (Fsp3) is 0.857. The monoisotopic (exact) mass is 318 g/mol. The number of nitrogens with zero attached hydrogens (tertiary/aromatic N) is 1. The summed E-state index contributed by atoms with van der Waals surface area (Å²) in [5.74, 6) is -0.566. The molecule has 1 rings (SSSR count). The maximum Gasteiger partial charge on any atom is 0.326 e. The van der Waals surface area contributed by atoms with Crippen LogP contribution in [0.15, 0.2) is 0 Å². The number of carboxylic acids is 1. The molecule has 7 heteroatoms. The molecule has 4 unspecified atom stereocenters. The molecule has 4 atom stereocenters. The Kier molecular flexibility index (Phi) is 7.14. The molecule has 1 saturated heterocycles. The molecule has 0 aliphatic carbocycles. The minimum atomic E-state index is -0.939. The van der Waals surface area contributed by atoms with Gasteiger partial charge >= 0.3 is 12.0 Å². The first kappa shape index (κ1) is 17.9. The number of nitrogens with one attached hydrogen (secondary N) is 1. The molecule has 6 nitrogen and oxygen atoms in total. The van der Waals surface area contributed by atoms with Gasteiger partial charge in [0.05, 0.1) is 0 Å². The predicted molar refractivity (Wildman–Crippen MR) is 82.7 cm³/mol.